The predicted molar refractivity (Wildman–Crippen MR) is 96.7 cm³/mol. The Hall–Kier alpha value is -2.04. The number of ether oxygens (including phenoxy) is 3. The highest BCUT2D eigenvalue weighted by molar-refractivity contribution is 5.89. The van der Waals surface area contributed by atoms with E-state index >= 15 is 0 Å². The summed E-state index contributed by atoms with van der Waals surface area (Å²) < 4.78 is 15.4. The minimum Gasteiger partial charge on any atom is -0.459 e. The second-order valence-electron chi connectivity index (χ2n) is 6.28. The molecule has 5 nitrogen and oxygen atoms in total. The molecule has 0 aliphatic carbocycles. The first-order valence-corrected chi connectivity index (χ1v) is 9.02. The molecule has 0 saturated carbocycles. The van der Waals surface area contributed by atoms with Gasteiger partial charge in [0.2, 0.25) is 0 Å². The van der Waals surface area contributed by atoms with Crippen LogP contribution < -0.4 is 0 Å². The molecule has 0 amide bonds. The molecule has 0 heterocycles. The maximum atomic E-state index is 12.3. The van der Waals surface area contributed by atoms with Gasteiger partial charge >= 0.3 is 12.1 Å². The van der Waals surface area contributed by atoms with E-state index < -0.39 is 18.4 Å². The highest BCUT2D eigenvalue weighted by Gasteiger charge is 2.26. The van der Waals surface area contributed by atoms with Gasteiger partial charge in [0.05, 0.1) is 12.2 Å². The van der Waals surface area contributed by atoms with Gasteiger partial charge in [0.15, 0.2) is 0 Å². The lowest BCUT2D eigenvalue weighted by Crippen LogP contribution is -2.33. The van der Waals surface area contributed by atoms with Crippen LogP contribution in [-0.2, 0) is 20.6 Å². The number of carbonyl (C=O) groups is 2. The molecule has 1 aromatic carbocycles. The van der Waals surface area contributed by atoms with E-state index in [4.69, 9.17) is 14.2 Å². The standard InChI is InChI=1S/C20H30O5/c1-6-8-9-17-10-12-18(13-11-17)19(21)24-15(4)14(3)16(5)25-20(22)23-7-2/h10-16H,6-9H2,1-5H3. The van der Waals surface area contributed by atoms with E-state index in [1.54, 1.807) is 32.9 Å². The van der Waals surface area contributed by atoms with Crippen LogP contribution in [0.2, 0.25) is 0 Å². The zero-order chi connectivity index (χ0) is 18.8. The third kappa shape index (κ3) is 7.16. The number of aryl methyl sites for hydroxylation is 1. The third-order valence-electron chi connectivity index (χ3n) is 4.33. The quantitative estimate of drug-likeness (QED) is 0.600. The summed E-state index contributed by atoms with van der Waals surface area (Å²) in [6.07, 6.45) is 1.78. The molecule has 0 aromatic heterocycles. The number of benzene rings is 1. The fraction of sp³-hybridized carbons (Fsp3) is 0.600. The Morgan fingerprint density at radius 2 is 1.56 bits per heavy atom. The first-order valence-electron chi connectivity index (χ1n) is 9.02. The van der Waals surface area contributed by atoms with E-state index in [-0.39, 0.29) is 18.5 Å². The van der Waals surface area contributed by atoms with Gasteiger partial charge in [0.1, 0.15) is 12.2 Å². The van der Waals surface area contributed by atoms with Crippen LogP contribution in [0.15, 0.2) is 24.3 Å². The minimum atomic E-state index is -0.706. The van der Waals surface area contributed by atoms with Crippen molar-refractivity contribution >= 4 is 12.1 Å². The smallest absolute Gasteiger partial charge is 0.459 e. The van der Waals surface area contributed by atoms with Crippen molar-refractivity contribution in [2.24, 2.45) is 5.92 Å². The van der Waals surface area contributed by atoms with Crippen LogP contribution in [-0.4, -0.2) is 30.9 Å². The van der Waals surface area contributed by atoms with Gasteiger partial charge in [-0.3, -0.25) is 0 Å². The van der Waals surface area contributed by atoms with E-state index in [0.717, 1.165) is 19.3 Å². The van der Waals surface area contributed by atoms with Crippen LogP contribution in [0.4, 0.5) is 4.79 Å². The summed E-state index contributed by atoms with van der Waals surface area (Å²) in [6.45, 7) is 9.56. The summed E-state index contributed by atoms with van der Waals surface area (Å²) in [4.78, 5) is 23.7. The fourth-order valence-corrected chi connectivity index (χ4v) is 2.33. The van der Waals surface area contributed by atoms with Crippen molar-refractivity contribution in [1.82, 2.24) is 0 Å². The molecule has 0 aliphatic heterocycles. The van der Waals surface area contributed by atoms with Crippen LogP contribution in [0.25, 0.3) is 0 Å². The van der Waals surface area contributed by atoms with Gasteiger partial charge in [-0.25, -0.2) is 9.59 Å². The fourth-order valence-electron chi connectivity index (χ4n) is 2.33. The second-order valence-corrected chi connectivity index (χ2v) is 6.28. The van der Waals surface area contributed by atoms with Crippen molar-refractivity contribution in [2.45, 2.75) is 66.1 Å². The number of carbonyl (C=O) groups excluding carboxylic acids is 2. The maximum Gasteiger partial charge on any atom is 0.508 e. The summed E-state index contributed by atoms with van der Waals surface area (Å²) in [7, 11) is 0. The average Bonchev–Trinajstić information content (AvgIpc) is 2.59. The first kappa shape index (κ1) is 21.0. The molecule has 0 N–H and O–H groups in total. The van der Waals surface area contributed by atoms with Crippen LogP contribution in [0.3, 0.4) is 0 Å². The molecule has 0 bridgehead atoms. The maximum absolute atomic E-state index is 12.3. The number of hydrogen-bond acceptors (Lipinski definition) is 5. The van der Waals surface area contributed by atoms with Crippen LogP contribution in [0.1, 0.15) is 63.4 Å². The van der Waals surface area contributed by atoms with Crippen molar-refractivity contribution in [2.75, 3.05) is 6.61 Å². The molecule has 0 aliphatic rings. The van der Waals surface area contributed by atoms with Crippen molar-refractivity contribution in [3.05, 3.63) is 35.4 Å². The van der Waals surface area contributed by atoms with Crippen LogP contribution in [0, 0.1) is 5.92 Å². The molecule has 3 unspecified atom stereocenters. The molecule has 3 atom stereocenters. The van der Waals surface area contributed by atoms with Gasteiger partial charge in [0.25, 0.3) is 0 Å². The molecular formula is C20H30O5. The molecular weight excluding hydrogens is 320 g/mol. The van der Waals surface area contributed by atoms with Crippen molar-refractivity contribution in [1.29, 1.82) is 0 Å². The van der Waals surface area contributed by atoms with Crippen molar-refractivity contribution in [3.63, 3.8) is 0 Å². The molecule has 0 spiro atoms. The highest BCUT2D eigenvalue weighted by Crippen LogP contribution is 2.18. The molecule has 0 radical (unpaired) electrons. The van der Waals surface area contributed by atoms with Crippen molar-refractivity contribution in [3.8, 4) is 0 Å². The lowest BCUT2D eigenvalue weighted by Gasteiger charge is -2.25. The molecule has 0 fully saturated rings. The van der Waals surface area contributed by atoms with E-state index in [1.165, 1.54) is 5.56 Å². The van der Waals surface area contributed by atoms with E-state index in [9.17, 15) is 9.59 Å². The monoisotopic (exact) mass is 350 g/mol. The molecule has 25 heavy (non-hydrogen) atoms. The van der Waals surface area contributed by atoms with Gasteiger partial charge < -0.3 is 14.2 Å². The number of rotatable bonds is 9. The normalized spacial score (nSPS) is 14.3. The molecule has 5 heteroatoms. The minimum absolute atomic E-state index is 0.155. The zero-order valence-corrected chi connectivity index (χ0v) is 15.9. The Labute approximate surface area is 150 Å². The summed E-state index contributed by atoms with van der Waals surface area (Å²) in [6, 6.07) is 7.52. The van der Waals surface area contributed by atoms with Gasteiger partial charge in [-0.2, -0.15) is 0 Å². The van der Waals surface area contributed by atoms with E-state index in [0.29, 0.717) is 5.56 Å². The van der Waals surface area contributed by atoms with Gasteiger partial charge in [-0.15, -0.1) is 0 Å². The number of esters is 1. The summed E-state index contributed by atoms with van der Waals surface area (Å²) in [5.41, 5.74) is 1.74. The second kappa shape index (κ2) is 10.7. The van der Waals surface area contributed by atoms with E-state index in [2.05, 4.69) is 6.92 Å². The Morgan fingerprint density at radius 3 is 2.12 bits per heavy atom. The summed E-state index contributed by atoms with van der Waals surface area (Å²) in [5.74, 6) is -0.526. The lowest BCUT2D eigenvalue weighted by molar-refractivity contribution is -0.0254. The van der Waals surface area contributed by atoms with Gasteiger partial charge in [-0.1, -0.05) is 32.4 Å². The Kier molecular flexibility index (Phi) is 9.03. The summed E-state index contributed by atoms with van der Waals surface area (Å²) in [5, 5.41) is 0. The Balaban J connectivity index is 2.55. The molecule has 1 aromatic rings. The third-order valence-corrected chi connectivity index (χ3v) is 4.33. The Morgan fingerprint density at radius 1 is 0.960 bits per heavy atom. The predicted octanol–water partition coefficient (Wildman–Crippen LogP) is 4.77. The summed E-state index contributed by atoms with van der Waals surface area (Å²) >= 11 is 0. The zero-order valence-electron chi connectivity index (χ0n) is 15.9. The van der Waals surface area contributed by atoms with Crippen LogP contribution >= 0.6 is 0 Å². The van der Waals surface area contributed by atoms with Crippen molar-refractivity contribution < 1.29 is 23.8 Å². The molecule has 1 rings (SSSR count). The highest BCUT2D eigenvalue weighted by atomic mass is 16.7. The average molecular weight is 350 g/mol. The molecule has 0 saturated heterocycles. The first-order chi connectivity index (χ1) is 11.9. The van der Waals surface area contributed by atoms with Gasteiger partial charge in [-0.05, 0) is 51.3 Å². The number of unbranched alkanes of at least 4 members (excludes halogenated alkanes) is 1. The van der Waals surface area contributed by atoms with E-state index in [1.807, 2.05) is 19.1 Å². The topological polar surface area (TPSA) is 61.8 Å². The largest absolute Gasteiger partial charge is 0.508 e. The van der Waals surface area contributed by atoms with Gasteiger partial charge in [0, 0.05) is 5.92 Å². The lowest BCUT2D eigenvalue weighted by atomic mass is 10.0. The van der Waals surface area contributed by atoms with Crippen LogP contribution in [0.5, 0.6) is 0 Å². The SMILES string of the molecule is CCCCc1ccc(C(=O)OC(C)C(C)C(C)OC(=O)OCC)cc1. The Bertz CT molecular complexity index is 538. The number of hydrogen-bond donors (Lipinski definition) is 0. The molecule has 140 valence electrons.